The van der Waals surface area contributed by atoms with Crippen LogP contribution in [0.4, 0.5) is 11.4 Å². The molecule has 4 aromatic rings. The Morgan fingerprint density at radius 1 is 1.24 bits per heavy atom. The molecule has 0 saturated heterocycles. The first-order chi connectivity index (χ1) is 12.0. The van der Waals surface area contributed by atoms with Crippen LogP contribution >= 0.6 is 22.9 Å². The van der Waals surface area contributed by atoms with Gasteiger partial charge >= 0.3 is 0 Å². The predicted octanol–water partition coefficient (Wildman–Crippen LogP) is 4.27. The van der Waals surface area contributed by atoms with Crippen LogP contribution in [0.1, 0.15) is 0 Å². The maximum atomic E-state index is 11.0. The standard InChI is InChI=1S/C16H10ClN5O2S/c17-13-5-4-11(22(23)24)7-12(13)15-20-21-8-14(19-16(21)25-15)9-2-1-3-10(18)6-9/h1-8H,18H2. The van der Waals surface area contributed by atoms with Crippen molar-refractivity contribution in [1.29, 1.82) is 0 Å². The van der Waals surface area contributed by atoms with Gasteiger partial charge in [0.2, 0.25) is 4.96 Å². The van der Waals surface area contributed by atoms with Crippen molar-refractivity contribution in [2.45, 2.75) is 0 Å². The Morgan fingerprint density at radius 3 is 2.80 bits per heavy atom. The molecule has 25 heavy (non-hydrogen) atoms. The van der Waals surface area contributed by atoms with E-state index in [0.717, 1.165) is 11.3 Å². The molecule has 124 valence electrons. The van der Waals surface area contributed by atoms with Gasteiger partial charge in [0.15, 0.2) is 0 Å². The van der Waals surface area contributed by atoms with Gasteiger partial charge in [-0.2, -0.15) is 5.10 Å². The summed E-state index contributed by atoms with van der Waals surface area (Å²) in [6.07, 6.45) is 1.79. The van der Waals surface area contributed by atoms with Gasteiger partial charge in [0.05, 0.1) is 21.8 Å². The van der Waals surface area contributed by atoms with E-state index in [1.807, 2.05) is 24.3 Å². The third-order valence-corrected chi connectivity index (χ3v) is 4.90. The van der Waals surface area contributed by atoms with E-state index in [1.54, 1.807) is 10.7 Å². The second kappa shape index (κ2) is 5.83. The lowest BCUT2D eigenvalue weighted by molar-refractivity contribution is -0.384. The van der Waals surface area contributed by atoms with Crippen LogP contribution in [0.15, 0.2) is 48.7 Å². The van der Waals surface area contributed by atoms with E-state index >= 15 is 0 Å². The molecule has 0 bridgehead atoms. The molecule has 0 aliphatic carbocycles. The Labute approximate surface area is 150 Å². The quantitative estimate of drug-likeness (QED) is 0.329. The van der Waals surface area contributed by atoms with Gasteiger partial charge in [-0.15, -0.1) is 0 Å². The minimum absolute atomic E-state index is 0.0345. The largest absolute Gasteiger partial charge is 0.399 e. The monoisotopic (exact) mass is 371 g/mol. The van der Waals surface area contributed by atoms with Crippen molar-refractivity contribution in [2.75, 3.05) is 5.73 Å². The second-order valence-electron chi connectivity index (χ2n) is 5.31. The van der Waals surface area contributed by atoms with Crippen molar-refractivity contribution in [3.63, 3.8) is 0 Å². The van der Waals surface area contributed by atoms with Crippen LogP contribution in [0.3, 0.4) is 0 Å². The number of halogens is 1. The SMILES string of the molecule is Nc1cccc(-c2cn3nc(-c4cc([N+](=O)[O-])ccc4Cl)sc3n2)c1. The second-order valence-corrected chi connectivity index (χ2v) is 6.67. The van der Waals surface area contributed by atoms with Crippen molar-refractivity contribution >= 4 is 39.3 Å². The molecule has 0 aliphatic rings. The number of nitro groups is 1. The molecule has 9 heteroatoms. The van der Waals surface area contributed by atoms with Gasteiger partial charge < -0.3 is 5.73 Å². The maximum absolute atomic E-state index is 11.0. The summed E-state index contributed by atoms with van der Waals surface area (Å²) < 4.78 is 1.63. The highest BCUT2D eigenvalue weighted by Gasteiger charge is 2.16. The predicted molar refractivity (Wildman–Crippen MR) is 97.8 cm³/mol. The molecular weight excluding hydrogens is 362 g/mol. The molecule has 4 rings (SSSR count). The molecule has 0 radical (unpaired) electrons. The Kier molecular flexibility index (Phi) is 3.63. The summed E-state index contributed by atoms with van der Waals surface area (Å²) in [5, 5.41) is 16.4. The normalized spacial score (nSPS) is 11.1. The minimum Gasteiger partial charge on any atom is -0.399 e. The molecule has 2 N–H and O–H groups in total. The summed E-state index contributed by atoms with van der Waals surface area (Å²) in [7, 11) is 0. The van der Waals surface area contributed by atoms with Crippen LogP contribution in [-0.4, -0.2) is 19.5 Å². The van der Waals surface area contributed by atoms with Crippen LogP contribution in [0, 0.1) is 10.1 Å². The Morgan fingerprint density at radius 2 is 2.08 bits per heavy atom. The molecule has 0 fully saturated rings. The van der Waals surface area contributed by atoms with E-state index in [0.29, 0.717) is 26.2 Å². The summed E-state index contributed by atoms with van der Waals surface area (Å²) in [6.45, 7) is 0. The first kappa shape index (κ1) is 15.6. The van der Waals surface area contributed by atoms with Crippen LogP contribution in [0.2, 0.25) is 5.02 Å². The van der Waals surface area contributed by atoms with Gasteiger partial charge in [-0.05, 0) is 18.2 Å². The molecule has 7 nitrogen and oxygen atoms in total. The molecule has 0 atom stereocenters. The summed E-state index contributed by atoms with van der Waals surface area (Å²) in [6, 6.07) is 11.7. The van der Waals surface area contributed by atoms with Gasteiger partial charge in [-0.3, -0.25) is 10.1 Å². The third-order valence-electron chi connectivity index (χ3n) is 3.62. The van der Waals surface area contributed by atoms with Crippen molar-refractivity contribution < 1.29 is 4.92 Å². The molecule has 2 heterocycles. The number of aromatic nitrogens is 3. The summed E-state index contributed by atoms with van der Waals surface area (Å²) in [4.78, 5) is 15.7. The lowest BCUT2D eigenvalue weighted by Crippen LogP contribution is -1.89. The minimum atomic E-state index is -0.462. The number of anilines is 1. The summed E-state index contributed by atoms with van der Waals surface area (Å²) in [5.74, 6) is 0. The highest BCUT2D eigenvalue weighted by atomic mass is 35.5. The average Bonchev–Trinajstić information content (AvgIpc) is 3.14. The van der Waals surface area contributed by atoms with Crippen LogP contribution in [-0.2, 0) is 0 Å². The molecule has 0 amide bonds. The fraction of sp³-hybridized carbons (Fsp3) is 0. The van der Waals surface area contributed by atoms with Crippen molar-refractivity contribution in [3.8, 4) is 21.8 Å². The molecule has 0 aliphatic heterocycles. The number of imidazole rings is 1. The molecule has 0 spiro atoms. The number of rotatable bonds is 3. The van der Waals surface area contributed by atoms with Crippen molar-refractivity contribution in [3.05, 3.63) is 63.8 Å². The smallest absolute Gasteiger partial charge is 0.270 e. The van der Waals surface area contributed by atoms with Gasteiger partial charge in [0.1, 0.15) is 5.01 Å². The summed E-state index contributed by atoms with van der Waals surface area (Å²) >= 11 is 7.48. The first-order valence-electron chi connectivity index (χ1n) is 7.18. The average molecular weight is 372 g/mol. The van der Waals surface area contributed by atoms with E-state index in [9.17, 15) is 10.1 Å². The zero-order valence-corrected chi connectivity index (χ0v) is 14.2. The van der Waals surface area contributed by atoms with E-state index in [-0.39, 0.29) is 5.69 Å². The van der Waals surface area contributed by atoms with Gasteiger partial charge in [-0.1, -0.05) is 35.1 Å². The number of fused-ring (bicyclic) bond motifs is 1. The number of nitrogens with two attached hydrogens (primary N) is 1. The Bertz CT molecular complexity index is 1090. The van der Waals surface area contributed by atoms with Crippen LogP contribution < -0.4 is 5.73 Å². The van der Waals surface area contributed by atoms with Crippen LogP contribution in [0.25, 0.3) is 26.8 Å². The fourth-order valence-corrected chi connectivity index (χ4v) is 3.61. The van der Waals surface area contributed by atoms with Crippen molar-refractivity contribution in [2.24, 2.45) is 0 Å². The Balaban J connectivity index is 1.77. The molecule has 0 saturated carbocycles. The number of hydrogen-bond donors (Lipinski definition) is 1. The van der Waals surface area contributed by atoms with E-state index in [4.69, 9.17) is 17.3 Å². The van der Waals surface area contributed by atoms with Crippen LogP contribution in [0.5, 0.6) is 0 Å². The van der Waals surface area contributed by atoms with Gasteiger partial charge in [-0.25, -0.2) is 9.50 Å². The van der Waals surface area contributed by atoms with E-state index in [2.05, 4.69) is 10.1 Å². The highest BCUT2D eigenvalue weighted by molar-refractivity contribution is 7.19. The molecule has 2 aromatic carbocycles. The number of non-ortho nitro benzene ring substituents is 1. The van der Waals surface area contributed by atoms with Gasteiger partial charge in [0.25, 0.3) is 5.69 Å². The molecular formula is C16H10ClN5O2S. The lowest BCUT2D eigenvalue weighted by atomic mass is 10.1. The van der Waals surface area contributed by atoms with Gasteiger partial charge in [0, 0.05) is 28.9 Å². The first-order valence-corrected chi connectivity index (χ1v) is 8.37. The fourth-order valence-electron chi connectivity index (χ4n) is 2.44. The third kappa shape index (κ3) is 2.81. The number of nitro benzene ring substituents is 1. The molecule has 2 aromatic heterocycles. The highest BCUT2D eigenvalue weighted by Crippen LogP contribution is 2.34. The number of nitrogen functional groups attached to an aromatic ring is 1. The topological polar surface area (TPSA) is 99.3 Å². The van der Waals surface area contributed by atoms with E-state index < -0.39 is 4.92 Å². The summed E-state index contributed by atoms with van der Waals surface area (Å²) in [5.41, 5.74) is 8.59. The van der Waals surface area contributed by atoms with E-state index in [1.165, 1.54) is 29.5 Å². The Hall–Kier alpha value is -2.97. The number of hydrogen-bond acceptors (Lipinski definition) is 6. The zero-order valence-electron chi connectivity index (χ0n) is 12.6. The lowest BCUT2D eigenvalue weighted by Gasteiger charge is -2.00. The molecule has 0 unspecified atom stereocenters. The maximum Gasteiger partial charge on any atom is 0.270 e. The zero-order chi connectivity index (χ0) is 17.6. The number of benzene rings is 2. The van der Waals surface area contributed by atoms with Crippen molar-refractivity contribution in [1.82, 2.24) is 14.6 Å². The number of nitrogens with zero attached hydrogens (tertiary/aromatic N) is 4.